The van der Waals surface area contributed by atoms with E-state index in [1.165, 1.54) is 22.1 Å². The monoisotopic (exact) mass is 512 g/mol. The van der Waals surface area contributed by atoms with E-state index in [9.17, 15) is 14.7 Å². The van der Waals surface area contributed by atoms with Crippen molar-refractivity contribution in [3.8, 4) is 5.88 Å². The van der Waals surface area contributed by atoms with Crippen LogP contribution in [0.15, 0.2) is 86.0 Å². The summed E-state index contributed by atoms with van der Waals surface area (Å²) in [5, 5.41) is 18.2. The summed E-state index contributed by atoms with van der Waals surface area (Å²) in [6.45, 7) is 2.07. The minimum atomic E-state index is -0.456. The molecule has 0 radical (unpaired) electrons. The molecule has 0 aliphatic carbocycles. The van der Waals surface area contributed by atoms with Crippen molar-refractivity contribution < 1.29 is 14.6 Å². The third-order valence-corrected chi connectivity index (χ3v) is 7.27. The first-order chi connectivity index (χ1) is 16.5. The van der Waals surface area contributed by atoms with Crippen LogP contribution in [0.5, 0.6) is 5.88 Å². The summed E-state index contributed by atoms with van der Waals surface area (Å²) in [6, 6.07) is 16.2. The van der Waals surface area contributed by atoms with Gasteiger partial charge in [-0.3, -0.25) is 9.89 Å². The van der Waals surface area contributed by atoms with Gasteiger partial charge in [0.1, 0.15) is 10.9 Å². The molecule has 0 saturated heterocycles. The molecule has 0 aliphatic heterocycles. The highest BCUT2D eigenvalue weighted by molar-refractivity contribution is 7.99. The van der Waals surface area contributed by atoms with Crippen molar-refractivity contribution in [2.75, 3.05) is 6.61 Å². The molecular formula is C25H21ClN2O4S2. The molecule has 9 heteroatoms. The molecule has 34 heavy (non-hydrogen) atoms. The van der Waals surface area contributed by atoms with Gasteiger partial charge in [-0.2, -0.15) is 11.3 Å². The maximum Gasteiger partial charge on any atom is 0.330 e. The molecule has 1 unspecified atom stereocenters. The summed E-state index contributed by atoms with van der Waals surface area (Å²) in [6.07, 6.45) is 3.05. The van der Waals surface area contributed by atoms with Gasteiger partial charge in [0.05, 0.1) is 11.6 Å². The lowest BCUT2D eigenvalue weighted by Crippen LogP contribution is -2.15. The van der Waals surface area contributed by atoms with Gasteiger partial charge in [0.15, 0.2) is 0 Å². The van der Waals surface area contributed by atoms with Crippen molar-refractivity contribution >= 4 is 46.7 Å². The third-order valence-electron chi connectivity index (χ3n) is 4.98. The number of hydrogen-bond acceptors (Lipinski definition) is 6. The summed E-state index contributed by atoms with van der Waals surface area (Å²) in [5.41, 5.74) is 2.18. The summed E-state index contributed by atoms with van der Waals surface area (Å²) >= 11 is 8.89. The molecule has 2 aromatic heterocycles. The van der Waals surface area contributed by atoms with E-state index in [1.807, 2.05) is 47.2 Å². The predicted octanol–water partition coefficient (Wildman–Crippen LogP) is 5.96. The summed E-state index contributed by atoms with van der Waals surface area (Å²) in [5.74, 6) is -0.571. The Hall–Kier alpha value is -3.20. The number of ether oxygens (including phenoxy) is 1. The van der Waals surface area contributed by atoms with E-state index in [4.69, 9.17) is 16.3 Å². The number of H-pyrrole nitrogens is 1. The van der Waals surface area contributed by atoms with Crippen molar-refractivity contribution in [3.05, 3.63) is 104 Å². The van der Waals surface area contributed by atoms with Gasteiger partial charge in [-0.05, 0) is 58.6 Å². The van der Waals surface area contributed by atoms with Crippen LogP contribution in [0.3, 0.4) is 0 Å². The molecule has 2 aromatic carbocycles. The quantitative estimate of drug-likeness (QED) is 0.225. The maximum absolute atomic E-state index is 12.8. The largest absolute Gasteiger partial charge is 0.493 e. The van der Waals surface area contributed by atoms with Crippen molar-refractivity contribution in [1.29, 1.82) is 0 Å². The molecule has 4 rings (SSSR count). The Morgan fingerprint density at radius 2 is 1.97 bits per heavy atom. The fraction of sp³-hybridized carbons (Fsp3) is 0.120. The van der Waals surface area contributed by atoms with E-state index in [0.717, 1.165) is 28.5 Å². The van der Waals surface area contributed by atoms with E-state index < -0.39 is 17.6 Å². The topological polar surface area (TPSA) is 84.3 Å². The second-order valence-corrected chi connectivity index (χ2v) is 9.45. The van der Waals surface area contributed by atoms with Crippen LogP contribution in [0.2, 0.25) is 5.02 Å². The lowest BCUT2D eigenvalue weighted by atomic mass is 10.00. The number of nitrogens with one attached hydrogen (secondary N) is 1. The second-order valence-electron chi connectivity index (χ2n) is 7.21. The molecule has 0 spiro atoms. The maximum atomic E-state index is 12.8. The van der Waals surface area contributed by atoms with Crippen molar-refractivity contribution in [1.82, 2.24) is 9.78 Å². The standard InChI is InChI=1S/C25H21ClN2O4S2/c1-2-32-21(29)12-9-16-7-10-17(11-8-16)22(18-13-14-33-15-18)28-25(31)23(24(30)27-28)34-20-6-4-3-5-19(20)26/h3-15,22,31H,2H2,1H3,(H,27,30)/b12-9+. The Labute approximate surface area is 209 Å². The van der Waals surface area contributed by atoms with E-state index in [0.29, 0.717) is 16.5 Å². The third kappa shape index (κ3) is 5.30. The molecule has 174 valence electrons. The van der Waals surface area contributed by atoms with E-state index in [-0.39, 0.29) is 10.8 Å². The minimum absolute atomic E-state index is 0.169. The normalized spacial score (nSPS) is 12.2. The first kappa shape index (κ1) is 23.9. The molecule has 2 N–H and O–H groups in total. The molecule has 0 amide bonds. The van der Waals surface area contributed by atoms with E-state index in [1.54, 1.807) is 31.2 Å². The lowest BCUT2D eigenvalue weighted by Gasteiger charge is -2.19. The Morgan fingerprint density at radius 1 is 1.21 bits per heavy atom. The van der Waals surface area contributed by atoms with E-state index in [2.05, 4.69) is 5.10 Å². The first-order valence-corrected chi connectivity index (χ1v) is 12.5. The van der Waals surface area contributed by atoms with E-state index >= 15 is 0 Å². The number of thiophene rings is 1. The van der Waals surface area contributed by atoms with Gasteiger partial charge in [0.25, 0.3) is 5.56 Å². The first-order valence-electron chi connectivity index (χ1n) is 10.4. The van der Waals surface area contributed by atoms with Crippen molar-refractivity contribution in [2.24, 2.45) is 0 Å². The molecular weight excluding hydrogens is 492 g/mol. The van der Waals surface area contributed by atoms with Gasteiger partial charge in [0, 0.05) is 11.0 Å². The number of aromatic hydroxyl groups is 1. The zero-order valence-corrected chi connectivity index (χ0v) is 20.5. The average molecular weight is 513 g/mol. The Bertz CT molecular complexity index is 1360. The van der Waals surface area contributed by atoms with Crippen LogP contribution in [0.1, 0.15) is 29.7 Å². The summed E-state index contributed by atoms with van der Waals surface area (Å²) in [7, 11) is 0. The molecule has 0 bridgehead atoms. The van der Waals surface area contributed by atoms with Crippen molar-refractivity contribution in [2.45, 2.75) is 22.8 Å². The number of aromatic amines is 1. The SMILES string of the molecule is CCOC(=O)/C=C/c1ccc(C(c2ccsc2)n2[nH]c(=O)c(Sc3ccccc3Cl)c2O)cc1. The zero-order chi connectivity index (χ0) is 24.1. The average Bonchev–Trinajstić information content (AvgIpc) is 3.45. The van der Waals surface area contributed by atoms with Crippen LogP contribution < -0.4 is 5.56 Å². The van der Waals surface area contributed by atoms with Crippen LogP contribution in [-0.2, 0) is 9.53 Å². The van der Waals surface area contributed by atoms with Crippen LogP contribution in [0, 0.1) is 0 Å². The smallest absolute Gasteiger partial charge is 0.330 e. The van der Waals surface area contributed by atoms with Gasteiger partial charge >= 0.3 is 5.97 Å². The highest BCUT2D eigenvalue weighted by Gasteiger charge is 2.25. The van der Waals surface area contributed by atoms with Gasteiger partial charge in [-0.15, -0.1) is 0 Å². The minimum Gasteiger partial charge on any atom is -0.493 e. The fourth-order valence-electron chi connectivity index (χ4n) is 3.41. The summed E-state index contributed by atoms with van der Waals surface area (Å²) < 4.78 is 6.37. The van der Waals surface area contributed by atoms with Gasteiger partial charge < -0.3 is 9.84 Å². The molecule has 1 atom stereocenters. The van der Waals surface area contributed by atoms with Crippen molar-refractivity contribution in [3.63, 3.8) is 0 Å². The van der Waals surface area contributed by atoms with Crippen LogP contribution in [0.4, 0.5) is 0 Å². The fourth-order valence-corrected chi connectivity index (χ4v) is 5.20. The molecule has 4 aromatic rings. The highest BCUT2D eigenvalue weighted by Crippen LogP contribution is 2.39. The number of hydrogen-bond donors (Lipinski definition) is 2. The number of aromatic nitrogens is 2. The molecule has 0 aliphatic rings. The zero-order valence-electron chi connectivity index (χ0n) is 18.1. The Morgan fingerprint density at radius 3 is 2.65 bits per heavy atom. The molecule has 0 fully saturated rings. The predicted molar refractivity (Wildman–Crippen MR) is 136 cm³/mol. The van der Waals surface area contributed by atoms with Crippen LogP contribution >= 0.6 is 34.7 Å². The molecule has 0 saturated carbocycles. The molecule has 2 heterocycles. The number of rotatable bonds is 8. The number of carbonyl (C=O) groups excluding carboxylic acids is 1. The molecule has 6 nitrogen and oxygen atoms in total. The van der Waals surface area contributed by atoms with Crippen LogP contribution in [-0.4, -0.2) is 27.5 Å². The Kier molecular flexibility index (Phi) is 7.62. The second kappa shape index (κ2) is 10.8. The number of nitrogens with zero attached hydrogens (tertiary/aromatic N) is 1. The number of esters is 1. The van der Waals surface area contributed by atoms with Gasteiger partial charge in [0.2, 0.25) is 5.88 Å². The lowest BCUT2D eigenvalue weighted by molar-refractivity contribution is -0.137. The van der Waals surface area contributed by atoms with Gasteiger partial charge in [-0.25, -0.2) is 9.48 Å². The van der Waals surface area contributed by atoms with Crippen LogP contribution in [0.25, 0.3) is 6.08 Å². The number of halogens is 1. The summed E-state index contributed by atoms with van der Waals surface area (Å²) in [4.78, 5) is 25.2. The number of benzene rings is 2. The van der Waals surface area contributed by atoms with Gasteiger partial charge in [-0.1, -0.05) is 59.8 Å². The highest BCUT2D eigenvalue weighted by atomic mass is 35.5. The Balaban J connectivity index is 1.69. The number of carbonyl (C=O) groups is 1.